The van der Waals surface area contributed by atoms with E-state index in [-0.39, 0.29) is 12.3 Å². The molecule has 0 bridgehead atoms. The molecule has 8 heteroatoms. The lowest BCUT2D eigenvalue weighted by Gasteiger charge is -2.29. The summed E-state index contributed by atoms with van der Waals surface area (Å²) >= 11 is 0. The second-order valence-electron chi connectivity index (χ2n) is 8.92. The fourth-order valence-corrected chi connectivity index (χ4v) is 4.90. The first kappa shape index (κ1) is 28.0. The number of hydrogen-bond acceptors (Lipinski definition) is 7. The van der Waals surface area contributed by atoms with E-state index in [4.69, 9.17) is 14.6 Å². The van der Waals surface area contributed by atoms with Gasteiger partial charge in [0.25, 0.3) is 5.69 Å². The zero-order valence-corrected chi connectivity index (χ0v) is 20.6. The molecular formula is C27H35NO7. The van der Waals surface area contributed by atoms with E-state index < -0.39 is 23.0 Å². The van der Waals surface area contributed by atoms with Gasteiger partial charge < -0.3 is 14.6 Å². The number of non-ortho nitro benzene ring substituents is 1. The second-order valence-corrected chi connectivity index (χ2v) is 8.92. The molecule has 0 radical (unpaired) electrons. The number of carbonyl (C=O) groups excluding carboxylic acids is 2. The van der Waals surface area contributed by atoms with Crippen LogP contribution in [-0.2, 0) is 19.1 Å². The molecule has 3 fully saturated rings. The van der Waals surface area contributed by atoms with Crippen LogP contribution in [-0.4, -0.2) is 41.8 Å². The largest absolute Gasteiger partial charge is 0.458 e. The van der Waals surface area contributed by atoms with Gasteiger partial charge in [0, 0.05) is 25.3 Å². The topological polar surface area (TPSA) is 116 Å². The van der Waals surface area contributed by atoms with Crippen LogP contribution in [0.4, 0.5) is 5.69 Å². The third-order valence-corrected chi connectivity index (χ3v) is 6.74. The number of aliphatic hydroxyl groups is 1. The molecule has 4 unspecified atom stereocenters. The van der Waals surface area contributed by atoms with Crippen LogP contribution in [0.5, 0.6) is 0 Å². The Bertz CT molecular complexity index is 964. The number of nitro groups is 1. The number of rotatable bonds is 4. The molecule has 1 aromatic carbocycles. The van der Waals surface area contributed by atoms with Crippen LogP contribution in [0, 0.1) is 27.9 Å². The SMILES string of the molecule is C/C=C1/C(=O)OCC1OC(=O)/C=C/c1ccc([N+](=O)[O-])cc1.C=C1CCC2C(C)CCC2C1.CO. The molecule has 190 valence electrons. The van der Waals surface area contributed by atoms with Crippen LogP contribution >= 0.6 is 0 Å². The number of aliphatic hydroxyl groups excluding tert-OH is 1. The number of allylic oxidation sites excluding steroid dienone is 2. The van der Waals surface area contributed by atoms with Crippen LogP contribution in [0.1, 0.15) is 51.5 Å². The summed E-state index contributed by atoms with van der Waals surface area (Å²) in [5, 5.41) is 17.5. The van der Waals surface area contributed by atoms with Gasteiger partial charge in [0.2, 0.25) is 0 Å². The summed E-state index contributed by atoms with van der Waals surface area (Å²) in [5.41, 5.74) is 2.42. The van der Waals surface area contributed by atoms with E-state index in [1.165, 1.54) is 74.1 Å². The average Bonchev–Trinajstić information content (AvgIpc) is 3.40. The summed E-state index contributed by atoms with van der Waals surface area (Å²) in [5.74, 6) is 1.97. The van der Waals surface area contributed by atoms with Gasteiger partial charge in [0.15, 0.2) is 6.10 Å². The molecule has 4 atom stereocenters. The van der Waals surface area contributed by atoms with Gasteiger partial charge in [-0.25, -0.2) is 9.59 Å². The minimum Gasteiger partial charge on any atom is -0.458 e. The van der Waals surface area contributed by atoms with E-state index in [0.717, 1.165) is 24.9 Å². The average molecular weight is 486 g/mol. The van der Waals surface area contributed by atoms with Crippen LogP contribution in [0.25, 0.3) is 6.08 Å². The van der Waals surface area contributed by atoms with Gasteiger partial charge in [-0.15, -0.1) is 0 Å². The van der Waals surface area contributed by atoms with Crippen molar-refractivity contribution in [1.29, 1.82) is 0 Å². The molecule has 35 heavy (non-hydrogen) atoms. The summed E-state index contributed by atoms with van der Waals surface area (Å²) < 4.78 is 9.92. The van der Waals surface area contributed by atoms with Crippen molar-refractivity contribution in [3.8, 4) is 0 Å². The minimum absolute atomic E-state index is 0.00954. The van der Waals surface area contributed by atoms with Gasteiger partial charge in [0.05, 0.1) is 10.5 Å². The molecule has 1 saturated heterocycles. The lowest BCUT2D eigenvalue weighted by atomic mass is 9.77. The normalized spacial score (nSPS) is 26.2. The summed E-state index contributed by atoms with van der Waals surface area (Å²) in [7, 11) is 1.00. The van der Waals surface area contributed by atoms with E-state index in [9.17, 15) is 19.7 Å². The standard InChI is InChI=1S/C15H13NO6.C11H18.CH4O/c1-2-12-13(9-21-15(12)18)22-14(17)8-5-10-3-6-11(7-4-10)16(19)20;1-8-3-6-11-9(2)4-5-10(11)7-8;1-2/h2-8,13H,9H2,1H3;9-11H,1,3-7H2,2H3;2H,1H3/b8-5+,12-2+;;. The Morgan fingerprint density at radius 1 is 1.23 bits per heavy atom. The molecule has 3 aliphatic rings. The third kappa shape index (κ3) is 7.89. The van der Waals surface area contributed by atoms with Crippen molar-refractivity contribution in [2.24, 2.45) is 17.8 Å². The molecule has 2 saturated carbocycles. The van der Waals surface area contributed by atoms with Gasteiger partial charge in [-0.05, 0) is 74.1 Å². The number of esters is 2. The molecular weight excluding hydrogens is 450 g/mol. The first-order valence-corrected chi connectivity index (χ1v) is 11.9. The lowest BCUT2D eigenvalue weighted by molar-refractivity contribution is -0.384. The summed E-state index contributed by atoms with van der Waals surface area (Å²) in [6, 6.07) is 5.71. The Morgan fingerprint density at radius 2 is 1.91 bits per heavy atom. The first-order chi connectivity index (χ1) is 16.8. The van der Waals surface area contributed by atoms with Crippen molar-refractivity contribution in [2.45, 2.75) is 52.1 Å². The third-order valence-electron chi connectivity index (χ3n) is 6.74. The Labute approximate surface area is 206 Å². The monoisotopic (exact) mass is 485 g/mol. The highest BCUT2D eigenvalue weighted by atomic mass is 16.6. The Hall–Kier alpha value is -3.26. The molecule has 0 amide bonds. The van der Waals surface area contributed by atoms with E-state index in [0.29, 0.717) is 11.1 Å². The lowest BCUT2D eigenvalue weighted by Crippen LogP contribution is -2.18. The van der Waals surface area contributed by atoms with Gasteiger partial charge in [-0.3, -0.25) is 10.1 Å². The summed E-state index contributed by atoms with van der Waals surface area (Å²) in [6.45, 7) is 8.20. The maximum absolute atomic E-state index is 11.7. The quantitative estimate of drug-likeness (QED) is 0.209. The highest BCUT2D eigenvalue weighted by Crippen LogP contribution is 2.46. The number of fused-ring (bicyclic) bond motifs is 1. The fraction of sp³-hybridized carbons (Fsp3) is 0.481. The molecule has 4 rings (SSSR count). The molecule has 8 nitrogen and oxygen atoms in total. The molecule has 1 N–H and O–H groups in total. The number of cyclic esters (lactones) is 1. The molecule has 1 aromatic rings. The van der Waals surface area contributed by atoms with Crippen molar-refractivity contribution >= 4 is 23.7 Å². The van der Waals surface area contributed by atoms with E-state index in [2.05, 4.69) is 13.5 Å². The Kier molecular flexibility index (Phi) is 10.9. The van der Waals surface area contributed by atoms with Crippen LogP contribution < -0.4 is 0 Å². The molecule has 1 aliphatic heterocycles. The second kappa shape index (κ2) is 13.6. The van der Waals surface area contributed by atoms with Gasteiger partial charge in [-0.2, -0.15) is 0 Å². The number of nitro benzene ring substituents is 1. The minimum atomic E-state index is -0.702. The predicted molar refractivity (Wildman–Crippen MR) is 133 cm³/mol. The molecule has 0 aromatic heterocycles. The number of nitrogens with zero attached hydrogens (tertiary/aromatic N) is 1. The number of carbonyl (C=O) groups is 2. The van der Waals surface area contributed by atoms with Crippen LogP contribution in [0.15, 0.2) is 54.1 Å². The molecule has 0 spiro atoms. The zero-order valence-electron chi connectivity index (χ0n) is 20.6. The Morgan fingerprint density at radius 3 is 2.54 bits per heavy atom. The van der Waals surface area contributed by atoms with Crippen molar-refractivity contribution in [2.75, 3.05) is 13.7 Å². The highest BCUT2D eigenvalue weighted by molar-refractivity contribution is 5.93. The first-order valence-electron chi connectivity index (χ1n) is 11.9. The van der Waals surface area contributed by atoms with Gasteiger partial charge in [0.1, 0.15) is 6.61 Å². The van der Waals surface area contributed by atoms with Crippen molar-refractivity contribution in [1.82, 2.24) is 0 Å². The van der Waals surface area contributed by atoms with Crippen LogP contribution in [0.3, 0.4) is 0 Å². The summed E-state index contributed by atoms with van der Waals surface area (Å²) in [6.07, 6.45) is 10.5. The highest BCUT2D eigenvalue weighted by Gasteiger charge is 2.35. The van der Waals surface area contributed by atoms with Crippen LogP contribution in [0.2, 0.25) is 0 Å². The predicted octanol–water partition coefficient (Wildman–Crippen LogP) is 5.02. The zero-order chi connectivity index (χ0) is 26.0. The summed E-state index contributed by atoms with van der Waals surface area (Å²) in [4.78, 5) is 33.0. The van der Waals surface area contributed by atoms with Crippen molar-refractivity contribution < 1.29 is 29.1 Å². The maximum atomic E-state index is 11.7. The maximum Gasteiger partial charge on any atom is 0.337 e. The Balaban J connectivity index is 0.000000276. The number of benzene rings is 1. The van der Waals surface area contributed by atoms with E-state index in [1.54, 1.807) is 13.0 Å². The van der Waals surface area contributed by atoms with Crippen molar-refractivity contribution in [3.63, 3.8) is 0 Å². The van der Waals surface area contributed by atoms with Gasteiger partial charge in [-0.1, -0.05) is 31.6 Å². The number of ether oxygens (including phenoxy) is 2. The molecule has 1 heterocycles. The van der Waals surface area contributed by atoms with Crippen molar-refractivity contribution in [3.05, 3.63) is 69.8 Å². The smallest absolute Gasteiger partial charge is 0.337 e. The van der Waals surface area contributed by atoms with E-state index >= 15 is 0 Å². The fourth-order valence-electron chi connectivity index (χ4n) is 4.90. The molecule has 2 aliphatic carbocycles. The van der Waals surface area contributed by atoms with E-state index in [1.807, 2.05) is 0 Å². The number of hydrogen-bond donors (Lipinski definition) is 1. The van der Waals surface area contributed by atoms with Gasteiger partial charge >= 0.3 is 11.9 Å².